The van der Waals surface area contributed by atoms with Gasteiger partial charge in [-0.15, -0.1) is 0 Å². The van der Waals surface area contributed by atoms with Gasteiger partial charge >= 0.3 is 0 Å². The maximum Gasteiger partial charge on any atom is 0.214 e. The number of fused-ring (bicyclic) bond motifs is 1. The molecule has 118 valence electrons. The van der Waals surface area contributed by atoms with Crippen LogP contribution < -0.4 is 4.91 Å². The Morgan fingerprint density at radius 1 is 1.32 bits per heavy atom. The highest BCUT2D eigenvalue weighted by Gasteiger charge is 2.51. The number of hydrogen-bond donors (Lipinski definition) is 2. The maximum absolute atomic E-state index is 10.5. The number of methoxy groups -OCH3 is 1. The number of nitrogens with one attached hydrogen (secondary N) is 1. The minimum Gasteiger partial charge on any atom is -0.388 e. The molecule has 2 saturated heterocycles. The van der Waals surface area contributed by atoms with Crippen LogP contribution in [-0.2, 0) is 18.9 Å². The summed E-state index contributed by atoms with van der Waals surface area (Å²) in [6.07, 6.45) is -3.44. The molecule has 0 aromatic heterocycles. The van der Waals surface area contributed by atoms with Crippen molar-refractivity contribution in [1.29, 1.82) is 5.53 Å². The van der Waals surface area contributed by atoms with Crippen molar-refractivity contribution in [2.45, 2.75) is 36.9 Å². The molecule has 0 bridgehead atoms. The van der Waals surface area contributed by atoms with E-state index >= 15 is 0 Å². The van der Waals surface area contributed by atoms with Crippen LogP contribution in [0.4, 0.5) is 0 Å². The summed E-state index contributed by atoms with van der Waals surface area (Å²) in [6.45, 7) is 0.270. The van der Waals surface area contributed by atoms with Crippen LogP contribution in [0.2, 0.25) is 0 Å². The third-order valence-corrected chi connectivity index (χ3v) is 3.83. The first-order chi connectivity index (χ1) is 10.7. The molecule has 6 atom stereocenters. The lowest BCUT2D eigenvalue weighted by Crippen LogP contribution is -2.61. The van der Waals surface area contributed by atoms with Crippen LogP contribution in [0.3, 0.4) is 0 Å². The van der Waals surface area contributed by atoms with E-state index in [4.69, 9.17) is 24.5 Å². The molecule has 2 fully saturated rings. The molecule has 2 aliphatic heterocycles. The van der Waals surface area contributed by atoms with E-state index in [2.05, 4.69) is 10.0 Å². The number of nitrogens with zero attached hydrogens (tertiary/aromatic N) is 2. The normalized spacial score (nSPS) is 37.9. The van der Waals surface area contributed by atoms with Crippen LogP contribution >= 0.6 is 0 Å². The Hall–Kier alpha value is -1.67. The van der Waals surface area contributed by atoms with Gasteiger partial charge in [0.15, 0.2) is 12.6 Å². The van der Waals surface area contributed by atoms with Crippen molar-refractivity contribution in [3.05, 3.63) is 35.9 Å². The smallest absolute Gasteiger partial charge is 0.214 e. The number of benzene rings is 1. The van der Waals surface area contributed by atoms with Crippen LogP contribution in [0.25, 0.3) is 0 Å². The third-order valence-electron chi connectivity index (χ3n) is 3.83. The van der Waals surface area contributed by atoms with Crippen LogP contribution in [0.15, 0.2) is 35.4 Å². The largest absolute Gasteiger partial charge is 0.388 e. The van der Waals surface area contributed by atoms with Crippen LogP contribution in [-0.4, -0.2) is 49.5 Å². The summed E-state index contributed by atoms with van der Waals surface area (Å²) < 4.78 is 22.4. The zero-order valence-corrected chi connectivity index (χ0v) is 12.0. The van der Waals surface area contributed by atoms with Crippen LogP contribution in [0.1, 0.15) is 11.9 Å². The number of hydrogen-bond acceptors (Lipinski definition) is 7. The van der Waals surface area contributed by atoms with Gasteiger partial charge in [-0.05, 0) is 0 Å². The minimum absolute atomic E-state index is 0.270. The SMILES string of the molecule is COC1OC2COC(c3ccccc3)O[C@@H]2C(O)C1N=[N+]=N. The molecule has 2 N–H and O–H groups in total. The van der Waals surface area contributed by atoms with E-state index in [0.717, 1.165) is 5.56 Å². The fraction of sp³-hybridized carbons (Fsp3) is 0.571. The fourth-order valence-electron chi connectivity index (χ4n) is 2.74. The molecule has 0 radical (unpaired) electrons. The molecule has 1 aromatic rings. The van der Waals surface area contributed by atoms with E-state index in [1.807, 2.05) is 30.3 Å². The molecule has 1 aromatic carbocycles. The van der Waals surface area contributed by atoms with Gasteiger partial charge < -0.3 is 24.1 Å². The average molecular weight is 308 g/mol. The lowest BCUT2D eigenvalue weighted by molar-refractivity contribution is -0.339. The minimum atomic E-state index is -0.993. The van der Waals surface area contributed by atoms with E-state index in [0.29, 0.717) is 0 Å². The molecule has 0 aliphatic carbocycles. The molecule has 2 aliphatic rings. The van der Waals surface area contributed by atoms with Crippen molar-refractivity contribution < 1.29 is 24.1 Å². The Bertz CT molecular complexity index is 551. The highest BCUT2D eigenvalue weighted by atomic mass is 16.7. The summed E-state index contributed by atoms with van der Waals surface area (Å²) in [7, 11) is 1.45. The number of rotatable bonds is 3. The van der Waals surface area contributed by atoms with E-state index in [1.165, 1.54) is 7.11 Å². The van der Waals surface area contributed by atoms with Crippen molar-refractivity contribution in [1.82, 2.24) is 4.91 Å². The molecule has 5 unspecified atom stereocenters. The summed E-state index contributed by atoms with van der Waals surface area (Å²) in [5, 5.41) is 14.2. The summed E-state index contributed by atoms with van der Waals surface area (Å²) in [6, 6.07) is 8.65. The first-order valence-corrected chi connectivity index (χ1v) is 6.99. The zero-order chi connectivity index (χ0) is 15.5. The van der Waals surface area contributed by atoms with Crippen molar-refractivity contribution in [2.75, 3.05) is 13.7 Å². The number of ether oxygens (including phenoxy) is 4. The monoisotopic (exact) mass is 308 g/mol. The first-order valence-electron chi connectivity index (χ1n) is 6.99. The summed E-state index contributed by atoms with van der Waals surface area (Å²) in [5.74, 6) is 0. The Morgan fingerprint density at radius 2 is 2.09 bits per heavy atom. The van der Waals surface area contributed by atoms with Gasteiger partial charge in [-0.3, -0.25) is 0 Å². The molecule has 0 saturated carbocycles. The number of aliphatic hydroxyl groups excluding tert-OH is 1. The second-order valence-corrected chi connectivity index (χ2v) is 5.15. The summed E-state index contributed by atoms with van der Waals surface area (Å²) in [5.41, 5.74) is 7.73. The second-order valence-electron chi connectivity index (χ2n) is 5.15. The van der Waals surface area contributed by atoms with Crippen molar-refractivity contribution in [3.63, 3.8) is 0 Å². The second kappa shape index (κ2) is 6.62. The Balaban J connectivity index is 1.79. The lowest BCUT2D eigenvalue weighted by atomic mass is 9.96. The predicted octanol–water partition coefficient (Wildman–Crippen LogP) is 0.752. The van der Waals surface area contributed by atoms with Gasteiger partial charge in [0.1, 0.15) is 29.0 Å². The fourth-order valence-corrected chi connectivity index (χ4v) is 2.74. The van der Waals surface area contributed by atoms with Crippen LogP contribution in [0, 0.1) is 5.53 Å². The maximum atomic E-state index is 10.5. The van der Waals surface area contributed by atoms with Gasteiger partial charge in [0, 0.05) is 12.7 Å². The zero-order valence-electron chi connectivity index (χ0n) is 12.0. The summed E-state index contributed by atoms with van der Waals surface area (Å²) >= 11 is 0. The summed E-state index contributed by atoms with van der Waals surface area (Å²) in [4.78, 5) is 2.99. The molecule has 22 heavy (non-hydrogen) atoms. The molecule has 2 heterocycles. The molecule has 3 rings (SSSR count). The van der Waals surface area contributed by atoms with E-state index in [1.54, 1.807) is 0 Å². The molecule has 8 heteroatoms. The lowest BCUT2D eigenvalue weighted by Gasteiger charge is -2.44. The Kier molecular flexibility index (Phi) is 4.58. The molecular weight excluding hydrogens is 290 g/mol. The molecule has 0 spiro atoms. The quantitative estimate of drug-likeness (QED) is 0.633. The molecular formula is C14H18N3O5+. The number of aliphatic hydroxyl groups is 1. The predicted molar refractivity (Wildman–Crippen MR) is 72.8 cm³/mol. The molecule has 0 amide bonds. The first kappa shape index (κ1) is 15.2. The Morgan fingerprint density at radius 3 is 2.77 bits per heavy atom. The van der Waals surface area contributed by atoms with E-state index in [9.17, 15) is 5.11 Å². The Labute approximate surface area is 127 Å². The highest BCUT2D eigenvalue weighted by Crippen LogP contribution is 2.34. The van der Waals surface area contributed by atoms with Crippen molar-refractivity contribution >= 4 is 0 Å². The van der Waals surface area contributed by atoms with E-state index < -0.39 is 36.9 Å². The molecule has 8 nitrogen and oxygen atoms in total. The van der Waals surface area contributed by atoms with Gasteiger partial charge in [-0.25, -0.2) is 0 Å². The van der Waals surface area contributed by atoms with Gasteiger partial charge in [-0.2, -0.15) is 0 Å². The average Bonchev–Trinajstić information content (AvgIpc) is 2.58. The standard InChI is InChI=1S/C14H18N3O5/c1-19-14-10(16-17-15)11(18)12-9(21-14)7-20-13(22-12)8-5-3-2-4-6-8/h2-6,9-15,18H,7H2,1H3/q+1/t9?,10?,11?,12-,13?,14?/m0/s1. The van der Waals surface area contributed by atoms with Crippen molar-refractivity contribution in [2.24, 2.45) is 5.11 Å². The van der Waals surface area contributed by atoms with Gasteiger partial charge in [0.2, 0.25) is 11.0 Å². The van der Waals surface area contributed by atoms with Gasteiger partial charge in [0.25, 0.3) is 0 Å². The van der Waals surface area contributed by atoms with Crippen molar-refractivity contribution in [3.8, 4) is 0 Å². The topological polar surface area (TPSA) is 107 Å². The van der Waals surface area contributed by atoms with E-state index in [-0.39, 0.29) is 6.61 Å². The van der Waals surface area contributed by atoms with Gasteiger partial charge in [-0.1, -0.05) is 30.3 Å². The van der Waals surface area contributed by atoms with Gasteiger partial charge in [0.05, 0.1) is 6.61 Å². The highest BCUT2D eigenvalue weighted by molar-refractivity contribution is 5.16. The third kappa shape index (κ3) is 2.80. The van der Waals surface area contributed by atoms with Crippen LogP contribution in [0.5, 0.6) is 0 Å².